The molecule has 27 heavy (non-hydrogen) atoms. The van der Waals surface area contributed by atoms with Crippen LogP contribution in [0.2, 0.25) is 0 Å². The first-order valence-corrected chi connectivity index (χ1v) is 10.3. The smallest absolute Gasteiger partial charge is 0.306 e. The van der Waals surface area contributed by atoms with Gasteiger partial charge in [0.05, 0.1) is 11.0 Å². The Balaban J connectivity index is 1.41. The van der Waals surface area contributed by atoms with Gasteiger partial charge in [-0.2, -0.15) is 0 Å². The van der Waals surface area contributed by atoms with E-state index in [-0.39, 0.29) is 11.2 Å². The molecule has 2 aromatic carbocycles. The monoisotopic (exact) mass is 361 g/mol. The van der Waals surface area contributed by atoms with Crippen LogP contribution in [0.5, 0.6) is 0 Å². The first kappa shape index (κ1) is 16.8. The summed E-state index contributed by atoms with van der Waals surface area (Å²) < 4.78 is 2.00. The minimum Gasteiger partial charge on any atom is -0.306 e. The number of aromatic amines is 1. The highest BCUT2D eigenvalue weighted by Crippen LogP contribution is 2.45. The second-order valence-electron chi connectivity index (χ2n) is 8.14. The van der Waals surface area contributed by atoms with Gasteiger partial charge in [0.25, 0.3) is 0 Å². The normalized spacial score (nSPS) is 21.0. The molecule has 4 nitrogen and oxygen atoms in total. The van der Waals surface area contributed by atoms with E-state index in [1.165, 1.54) is 31.2 Å². The van der Waals surface area contributed by atoms with Crippen molar-refractivity contribution in [1.82, 2.24) is 14.5 Å². The van der Waals surface area contributed by atoms with Crippen LogP contribution < -0.4 is 5.69 Å². The van der Waals surface area contributed by atoms with Gasteiger partial charge in [0.2, 0.25) is 0 Å². The molecule has 1 aromatic heterocycles. The quantitative estimate of drug-likeness (QED) is 0.749. The van der Waals surface area contributed by atoms with E-state index < -0.39 is 0 Å². The average molecular weight is 361 g/mol. The minimum absolute atomic E-state index is 0.0355. The number of nitrogens with zero attached hydrogens (tertiary/aromatic N) is 2. The number of H-pyrrole nitrogens is 1. The number of fused-ring (bicyclic) bond motifs is 1. The molecule has 0 amide bonds. The molecule has 1 saturated carbocycles. The highest BCUT2D eigenvalue weighted by Gasteiger charge is 2.42. The standard InChI is InChI=1S/C23H27N3O/c27-22-24-20-10-4-5-11-21(20)26(22)19-12-16-25(17-13-19)23(14-6-7-15-23)18-8-2-1-3-9-18/h1-5,8-11,19H,6-7,12-17H2,(H,24,27). The van der Waals surface area contributed by atoms with E-state index in [1.54, 1.807) is 0 Å². The van der Waals surface area contributed by atoms with Gasteiger partial charge in [0.1, 0.15) is 0 Å². The molecular weight excluding hydrogens is 334 g/mol. The minimum atomic E-state index is 0.0355. The lowest BCUT2D eigenvalue weighted by atomic mass is 9.84. The summed E-state index contributed by atoms with van der Waals surface area (Å²) in [5.74, 6) is 0. The average Bonchev–Trinajstić information content (AvgIpc) is 3.34. The molecule has 140 valence electrons. The number of piperidine rings is 1. The van der Waals surface area contributed by atoms with Crippen LogP contribution in [0.15, 0.2) is 59.4 Å². The first-order valence-electron chi connectivity index (χ1n) is 10.3. The van der Waals surface area contributed by atoms with Crippen molar-refractivity contribution in [3.8, 4) is 0 Å². The molecule has 0 bridgehead atoms. The number of nitrogens with one attached hydrogen (secondary N) is 1. The number of benzene rings is 2. The fraction of sp³-hybridized carbons (Fsp3) is 0.435. The van der Waals surface area contributed by atoms with Crippen molar-refractivity contribution in [3.63, 3.8) is 0 Å². The van der Waals surface area contributed by atoms with Gasteiger partial charge < -0.3 is 4.98 Å². The Morgan fingerprint density at radius 1 is 0.889 bits per heavy atom. The number of hydrogen-bond donors (Lipinski definition) is 1. The van der Waals surface area contributed by atoms with Crippen LogP contribution in [-0.2, 0) is 5.54 Å². The van der Waals surface area contributed by atoms with E-state index in [1.807, 2.05) is 22.8 Å². The molecular formula is C23H27N3O. The van der Waals surface area contributed by atoms with Crippen molar-refractivity contribution in [2.75, 3.05) is 13.1 Å². The maximum Gasteiger partial charge on any atom is 0.326 e. The van der Waals surface area contributed by atoms with Crippen LogP contribution in [-0.4, -0.2) is 27.5 Å². The van der Waals surface area contributed by atoms with Crippen LogP contribution in [0.3, 0.4) is 0 Å². The third-order valence-corrected chi connectivity index (χ3v) is 6.80. The molecule has 1 aliphatic heterocycles. The maximum atomic E-state index is 12.6. The van der Waals surface area contributed by atoms with Crippen molar-refractivity contribution < 1.29 is 0 Å². The van der Waals surface area contributed by atoms with E-state index in [4.69, 9.17) is 0 Å². The predicted octanol–water partition coefficient (Wildman–Crippen LogP) is 4.44. The molecule has 5 rings (SSSR count). The van der Waals surface area contributed by atoms with Crippen LogP contribution in [0.1, 0.15) is 50.1 Å². The Hall–Kier alpha value is -2.33. The lowest BCUT2D eigenvalue weighted by molar-refractivity contribution is 0.0527. The Kier molecular flexibility index (Phi) is 4.16. The zero-order valence-electron chi connectivity index (χ0n) is 15.7. The van der Waals surface area contributed by atoms with Crippen LogP contribution >= 0.6 is 0 Å². The molecule has 0 radical (unpaired) electrons. The first-order chi connectivity index (χ1) is 13.3. The number of aromatic nitrogens is 2. The van der Waals surface area contributed by atoms with Gasteiger partial charge in [-0.3, -0.25) is 9.47 Å². The SMILES string of the molecule is O=c1[nH]c2ccccc2n1C1CCN(C2(c3ccccc3)CCCC2)CC1. The van der Waals surface area contributed by atoms with Gasteiger partial charge in [-0.25, -0.2) is 4.79 Å². The summed E-state index contributed by atoms with van der Waals surface area (Å²) in [7, 11) is 0. The fourth-order valence-electron chi connectivity index (χ4n) is 5.48. The van der Waals surface area contributed by atoms with Crippen molar-refractivity contribution in [2.45, 2.75) is 50.1 Å². The second kappa shape index (κ2) is 6.68. The molecule has 1 aliphatic carbocycles. The lowest BCUT2D eigenvalue weighted by Crippen LogP contribution is -2.49. The summed E-state index contributed by atoms with van der Waals surface area (Å²) in [6.45, 7) is 2.12. The molecule has 1 saturated heterocycles. The van der Waals surface area contributed by atoms with Crippen molar-refractivity contribution in [1.29, 1.82) is 0 Å². The molecule has 0 atom stereocenters. The van der Waals surface area contributed by atoms with E-state index in [9.17, 15) is 4.79 Å². The molecule has 0 spiro atoms. The fourth-order valence-corrected chi connectivity index (χ4v) is 5.48. The Labute approximate surface area is 159 Å². The highest BCUT2D eigenvalue weighted by molar-refractivity contribution is 5.75. The molecule has 2 heterocycles. The van der Waals surface area contributed by atoms with Crippen LogP contribution in [0, 0.1) is 0 Å². The van der Waals surface area contributed by atoms with E-state index in [2.05, 4.69) is 46.3 Å². The third-order valence-electron chi connectivity index (χ3n) is 6.80. The Bertz CT molecular complexity index is 974. The van der Waals surface area contributed by atoms with Crippen LogP contribution in [0.4, 0.5) is 0 Å². The summed E-state index contributed by atoms with van der Waals surface area (Å²) >= 11 is 0. The van der Waals surface area contributed by atoms with Gasteiger partial charge in [-0.05, 0) is 43.4 Å². The predicted molar refractivity (Wildman–Crippen MR) is 109 cm³/mol. The van der Waals surface area contributed by atoms with Gasteiger partial charge in [0.15, 0.2) is 0 Å². The Morgan fingerprint density at radius 2 is 1.56 bits per heavy atom. The zero-order valence-corrected chi connectivity index (χ0v) is 15.7. The molecule has 1 N–H and O–H groups in total. The summed E-state index contributed by atoms with van der Waals surface area (Å²) in [6, 6.07) is 19.4. The lowest BCUT2D eigenvalue weighted by Gasteiger charge is -2.45. The Morgan fingerprint density at radius 3 is 2.30 bits per heavy atom. The second-order valence-corrected chi connectivity index (χ2v) is 8.14. The largest absolute Gasteiger partial charge is 0.326 e. The van der Waals surface area contributed by atoms with Gasteiger partial charge >= 0.3 is 5.69 Å². The number of likely N-dealkylation sites (tertiary alicyclic amines) is 1. The van der Waals surface area contributed by atoms with Gasteiger partial charge in [0, 0.05) is 24.7 Å². The summed E-state index contributed by atoms with van der Waals surface area (Å²) in [4.78, 5) is 18.3. The number of imidazole rings is 1. The molecule has 0 unspecified atom stereocenters. The van der Waals surface area contributed by atoms with E-state index in [0.717, 1.165) is 37.0 Å². The van der Waals surface area contributed by atoms with E-state index >= 15 is 0 Å². The molecule has 2 aliphatic rings. The number of hydrogen-bond acceptors (Lipinski definition) is 2. The molecule has 3 aromatic rings. The summed E-state index contributed by atoms with van der Waals surface area (Å²) in [5, 5.41) is 0. The van der Waals surface area contributed by atoms with Gasteiger partial charge in [-0.1, -0.05) is 55.3 Å². The molecule has 4 heteroatoms. The number of rotatable bonds is 3. The zero-order chi connectivity index (χ0) is 18.3. The maximum absolute atomic E-state index is 12.6. The van der Waals surface area contributed by atoms with Crippen molar-refractivity contribution in [2.24, 2.45) is 0 Å². The summed E-state index contributed by atoms with van der Waals surface area (Å²) in [5.41, 5.74) is 3.71. The van der Waals surface area contributed by atoms with Crippen molar-refractivity contribution >= 4 is 11.0 Å². The number of para-hydroxylation sites is 2. The van der Waals surface area contributed by atoms with Crippen molar-refractivity contribution in [3.05, 3.63) is 70.6 Å². The highest BCUT2D eigenvalue weighted by atomic mass is 16.1. The van der Waals surface area contributed by atoms with Gasteiger partial charge in [-0.15, -0.1) is 0 Å². The van der Waals surface area contributed by atoms with E-state index in [0.29, 0.717) is 6.04 Å². The molecule has 2 fully saturated rings. The third kappa shape index (κ3) is 2.74. The summed E-state index contributed by atoms with van der Waals surface area (Å²) in [6.07, 6.45) is 7.23. The van der Waals surface area contributed by atoms with Crippen LogP contribution in [0.25, 0.3) is 11.0 Å². The topological polar surface area (TPSA) is 41.0 Å².